The first-order chi connectivity index (χ1) is 50.6. The minimum Gasteiger partial charge on any atom is -0.474 e. The summed E-state index contributed by atoms with van der Waals surface area (Å²) in [4.78, 5) is 102. The average Bonchev–Trinajstić information content (AvgIpc) is 1.61. The second kappa shape index (κ2) is 43.4. The molecule has 6 N–H and O–H groups in total. The molecule has 2 unspecified atom stereocenters. The van der Waals surface area contributed by atoms with Crippen LogP contribution in [0.1, 0.15) is 94.8 Å². The SMILES string of the molecule is COCCOCCOCCOCCOCCOCCOCCOCCN(Cc1ccccc1C(=O)Nc1nc2c(ncn2[C@@H]2C[C@@H]3CO[PH](=O)O[C@H]4C[C@H](Oc5ccncn5)C[C@@H]4CCO[PH](=O)O[C@@H]2[C@@H]3O)c(=O)[nH]1)C(=O)OCc1ccc(NC(=O)[C@H](C)NC(=O)[C@@H](NC(=O)OC(C)(C)C)C(C)C)cc1. The molecule has 5 amide bonds. The summed E-state index contributed by atoms with van der Waals surface area (Å²) in [6.45, 7) is 14.9. The quantitative estimate of drug-likeness (QED) is 0.0199. The van der Waals surface area contributed by atoms with Crippen LogP contribution in [-0.2, 0) is 97.3 Å². The van der Waals surface area contributed by atoms with Crippen molar-refractivity contribution < 1.29 is 108 Å². The van der Waals surface area contributed by atoms with Crippen LogP contribution in [0.2, 0.25) is 0 Å². The van der Waals surface area contributed by atoms with Gasteiger partial charge in [0, 0.05) is 56.1 Å². The number of alkyl carbamates (subject to hydrolysis) is 1. The van der Waals surface area contributed by atoms with E-state index >= 15 is 0 Å². The van der Waals surface area contributed by atoms with Gasteiger partial charge < -0.3 is 101 Å². The van der Waals surface area contributed by atoms with E-state index < -0.39 is 99.9 Å². The maximum atomic E-state index is 14.4. The summed E-state index contributed by atoms with van der Waals surface area (Å²) in [6, 6.07) is 11.7. The first-order valence-electron chi connectivity index (χ1n) is 34.9. The van der Waals surface area contributed by atoms with Crippen LogP contribution >= 0.6 is 16.5 Å². The lowest BCUT2D eigenvalue weighted by Crippen LogP contribution is -2.54. The molecule has 35 nitrogen and oxygen atoms in total. The molecule has 3 aliphatic rings. The first kappa shape index (κ1) is 83.2. The molecule has 3 fully saturated rings. The Morgan fingerprint density at radius 1 is 0.743 bits per heavy atom. The Morgan fingerprint density at radius 3 is 2.01 bits per heavy atom. The molecule has 5 aromatic rings. The zero-order valence-electron chi connectivity index (χ0n) is 60.2. The van der Waals surface area contributed by atoms with E-state index in [1.165, 1.54) is 35.1 Å². The summed E-state index contributed by atoms with van der Waals surface area (Å²) in [7, 11) is -4.79. The Balaban J connectivity index is 0.865. The summed E-state index contributed by atoms with van der Waals surface area (Å²) in [5.41, 5.74) is -0.310. The molecule has 3 aromatic heterocycles. The van der Waals surface area contributed by atoms with E-state index in [1.54, 1.807) is 96.5 Å². The third-order valence-corrected chi connectivity index (χ3v) is 18.6. The number of aromatic nitrogens is 6. The maximum Gasteiger partial charge on any atom is 0.410 e. The molecule has 0 radical (unpaired) electrons. The third kappa shape index (κ3) is 27.7. The van der Waals surface area contributed by atoms with Gasteiger partial charge in [0.2, 0.25) is 23.6 Å². The van der Waals surface area contributed by atoms with Crippen LogP contribution in [0.3, 0.4) is 0 Å². The zero-order valence-corrected chi connectivity index (χ0v) is 62.2. The topological polar surface area (TPSA) is 419 Å². The van der Waals surface area contributed by atoms with Gasteiger partial charge in [-0.25, -0.2) is 24.5 Å². The van der Waals surface area contributed by atoms with Crippen LogP contribution in [0.5, 0.6) is 5.88 Å². The van der Waals surface area contributed by atoms with E-state index in [2.05, 4.69) is 46.2 Å². The first-order valence-corrected chi connectivity index (χ1v) is 37.4. The molecular weight excluding hydrogens is 1420 g/mol. The number of aliphatic hydroxyl groups is 1. The second-order valence-electron chi connectivity index (χ2n) is 26.1. The van der Waals surface area contributed by atoms with Gasteiger partial charge in [-0.1, -0.05) is 44.2 Å². The van der Waals surface area contributed by atoms with Gasteiger partial charge in [0.25, 0.3) is 11.5 Å². The largest absolute Gasteiger partial charge is 0.474 e. The van der Waals surface area contributed by atoms with E-state index in [4.69, 9.17) is 70.2 Å². The highest BCUT2D eigenvalue weighted by molar-refractivity contribution is 7.33. The molecule has 2 aliphatic carbocycles. The number of aromatic amines is 1. The molecule has 37 heteroatoms. The number of H-pyrrole nitrogens is 1. The van der Waals surface area contributed by atoms with Crippen molar-refractivity contribution >= 4 is 69.2 Å². The number of carbonyl (C=O) groups is 5. The lowest BCUT2D eigenvalue weighted by atomic mass is 10.0. The molecule has 4 heterocycles. The number of rotatable bonds is 39. The number of benzene rings is 2. The van der Waals surface area contributed by atoms with Crippen molar-refractivity contribution in [3.8, 4) is 5.88 Å². The van der Waals surface area contributed by atoms with E-state index in [1.807, 2.05) is 0 Å². The molecule has 2 saturated carbocycles. The molecule has 105 heavy (non-hydrogen) atoms. The van der Waals surface area contributed by atoms with Crippen molar-refractivity contribution in [2.75, 3.05) is 137 Å². The molecule has 2 aromatic carbocycles. The number of ether oxygens (including phenoxy) is 11. The van der Waals surface area contributed by atoms with Crippen molar-refractivity contribution in [1.29, 1.82) is 0 Å². The van der Waals surface area contributed by atoms with Gasteiger partial charge in [0.1, 0.15) is 42.8 Å². The van der Waals surface area contributed by atoms with E-state index in [-0.39, 0.29) is 106 Å². The predicted molar refractivity (Wildman–Crippen MR) is 378 cm³/mol. The number of hydrogen-bond acceptors (Lipinski definition) is 28. The minimum atomic E-state index is -3.28. The van der Waals surface area contributed by atoms with E-state index in [9.17, 15) is 43.0 Å². The molecule has 1 saturated heterocycles. The summed E-state index contributed by atoms with van der Waals surface area (Å²) in [6.07, 6.45) is 0.535. The van der Waals surface area contributed by atoms with Crippen LogP contribution in [0.25, 0.3) is 11.2 Å². The number of fused-ring (bicyclic) bond motifs is 4. The number of imidazole rings is 1. The number of carbonyl (C=O) groups excluding carboxylic acids is 5. The van der Waals surface area contributed by atoms with Crippen LogP contribution in [0, 0.1) is 17.8 Å². The fourth-order valence-electron chi connectivity index (χ4n) is 11.5. The van der Waals surface area contributed by atoms with Crippen molar-refractivity contribution in [1.82, 2.24) is 45.0 Å². The van der Waals surface area contributed by atoms with Crippen LogP contribution in [-0.4, -0.2) is 237 Å². The average molecular weight is 1520 g/mol. The molecule has 11 atom stereocenters. The highest BCUT2D eigenvalue weighted by Gasteiger charge is 2.47. The normalized spacial score (nSPS) is 21.2. The van der Waals surface area contributed by atoms with E-state index in [0.717, 1.165) is 0 Å². The maximum absolute atomic E-state index is 14.4. The number of amides is 5. The van der Waals surface area contributed by atoms with Crippen LogP contribution < -0.4 is 31.6 Å². The van der Waals surface area contributed by atoms with Gasteiger partial charge >= 0.3 is 28.7 Å². The van der Waals surface area contributed by atoms with Crippen molar-refractivity contribution in [2.24, 2.45) is 17.8 Å². The smallest absolute Gasteiger partial charge is 0.410 e. The molecule has 0 spiro atoms. The van der Waals surface area contributed by atoms with Crippen LogP contribution in [0.4, 0.5) is 21.2 Å². The fraction of sp³-hybridized carbons (Fsp3) is 0.618. The van der Waals surface area contributed by atoms with Crippen molar-refractivity contribution in [3.63, 3.8) is 0 Å². The highest BCUT2D eigenvalue weighted by Crippen LogP contribution is 2.46. The van der Waals surface area contributed by atoms with E-state index in [0.29, 0.717) is 115 Å². The monoisotopic (exact) mass is 1520 g/mol. The Bertz CT molecular complexity index is 3630. The van der Waals surface area contributed by atoms with Crippen molar-refractivity contribution in [3.05, 3.63) is 100 Å². The Morgan fingerprint density at radius 2 is 1.38 bits per heavy atom. The number of nitrogens with one attached hydrogen (secondary N) is 5. The van der Waals surface area contributed by atoms with Gasteiger partial charge in [-0.05, 0) is 88.1 Å². The molecule has 8 rings (SSSR count). The molecule has 2 bridgehead atoms. The number of anilines is 2. The van der Waals surface area contributed by atoms with Gasteiger partial charge in [0.15, 0.2) is 11.2 Å². The standard InChI is InChI=1S/C68H99N11O24P2/c1-44(2)56(74-66(85)101-68(4,5)6)63(83)72-45(3)61(81)73-50-14-12-46(13-15-50)40-97-67(86)78(19-21-90-24-25-92-28-29-94-32-33-96-35-34-95-31-30-93-27-26-91-23-22-89-7)39-48-10-8-9-11-52(48)62(82)76-65-75-60-57(64(84)77-65)71-43-79(60)53-37-49-41-99-105(88)102-54-38-51(100-55-16-18-69-42-70-55)36-47(54)17-20-98-104(87)103-59(53)58(49)80/h8-16,18,42-45,47,49,51,53-54,56,58-59,80,104-105H,17,19-41H2,1-7H3,(H,72,83)(H,73,81)(H,74,85)(H2,75,76,77,82,84)/t45-,47-,49+,51+,53+,54-,56-,58+,59-/m0/s1. The Hall–Kier alpha value is -7.44. The minimum absolute atomic E-state index is 0.0171. The molecule has 1 aliphatic heterocycles. The summed E-state index contributed by atoms with van der Waals surface area (Å²) in [5.74, 6) is -3.05. The number of aliphatic hydroxyl groups excluding tert-OH is 1. The van der Waals surface area contributed by atoms with Crippen molar-refractivity contribution in [2.45, 2.75) is 129 Å². The number of methoxy groups -OCH3 is 1. The second-order valence-corrected chi connectivity index (χ2v) is 28.2. The molecular formula is C68H99N11O24P2. The zero-order chi connectivity index (χ0) is 75.1. The van der Waals surface area contributed by atoms with Gasteiger partial charge in [-0.3, -0.25) is 38.6 Å². The fourth-order valence-corrected chi connectivity index (χ4v) is 13.3. The van der Waals surface area contributed by atoms with Crippen LogP contribution in [0.15, 0.2) is 78.2 Å². The Kier molecular flexibility index (Phi) is 34.4. The van der Waals surface area contributed by atoms with Gasteiger partial charge in [-0.15, -0.1) is 0 Å². The lowest BCUT2D eigenvalue weighted by Gasteiger charge is -2.26. The lowest BCUT2D eigenvalue weighted by molar-refractivity contribution is -0.128. The third-order valence-electron chi connectivity index (χ3n) is 16.8. The Labute approximate surface area is 609 Å². The summed E-state index contributed by atoms with van der Waals surface area (Å²) in [5, 5.41) is 22.4. The number of nitrogens with zero attached hydrogens (tertiary/aromatic N) is 6. The highest BCUT2D eigenvalue weighted by atomic mass is 31.1. The summed E-state index contributed by atoms with van der Waals surface area (Å²) >= 11 is 0. The molecule has 580 valence electrons. The predicted octanol–water partition coefficient (Wildman–Crippen LogP) is 5.82. The van der Waals surface area contributed by atoms with Gasteiger partial charge in [-0.2, -0.15) is 4.98 Å². The summed E-state index contributed by atoms with van der Waals surface area (Å²) < 4.78 is 113. The number of hydrogen-bond donors (Lipinski definition) is 6. The van der Waals surface area contributed by atoms with Gasteiger partial charge in [0.05, 0.1) is 137 Å².